The topological polar surface area (TPSA) is 0 Å². The van der Waals surface area contributed by atoms with Crippen molar-refractivity contribution >= 4 is 23.2 Å². The highest BCUT2D eigenvalue weighted by molar-refractivity contribution is 6.42. The van der Waals surface area contributed by atoms with Crippen LogP contribution in [0.15, 0.2) is 12.1 Å². The molecule has 0 saturated carbocycles. The van der Waals surface area contributed by atoms with Gasteiger partial charge in [-0.15, -0.1) is 0 Å². The molecule has 4 heteroatoms. The molecule has 0 spiro atoms. The second-order valence-corrected chi connectivity index (χ2v) is 2.47. The second kappa shape index (κ2) is 2.72. The molecule has 0 aliphatic rings. The van der Waals surface area contributed by atoms with Crippen molar-refractivity contribution in [3.05, 3.63) is 33.8 Å². The van der Waals surface area contributed by atoms with Gasteiger partial charge in [0.2, 0.25) is 0 Å². The van der Waals surface area contributed by atoms with Crippen LogP contribution < -0.4 is 0 Å². The molecule has 1 aromatic rings. The van der Waals surface area contributed by atoms with Gasteiger partial charge in [0.05, 0.1) is 10.0 Å². The first kappa shape index (κ1) is 7.76. The van der Waals surface area contributed by atoms with Crippen molar-refractivity contribution in [2.45, 2.75) is 0 Å². The second-order valence-electron chi connectivity index (χ2n) is 1.68. The third-order valence-corrected chi connectivity index (χ3v) is 1.73. The van der Waals surface area contributed by atoms with Crippen molar-refractivity contribution < 1.29 is 8.78 Å². The third-order valence-electron chi connectivity index (χ3n) is 0.949. The van der Waals surface area contributed by atoms with Gasteiger partial charge in [-0.1, -0.05) is 23.2 Å². The average Bonchev–Trinajstić information content (AvgIpc) is 1.82. The summed E-state index contributed by atoms with van der Waals surface area (Å²) in [5.41, 5.74) is 0. The molecule has 1 aromatic carbocycles. The van der Waals surface area contributed by atoms with Crippen LogP contribution in [0, 0.1) is 11.6 Å². The molecule has 0 aliphatic heterocycles. The van der Waals surface area contributed by atoms with Crippen LogP contribution in [0.1, 0.15) is 0 Å². The van der Waals surface area contributed by atoms with Gasteiger partial charge in [-0.05, 0) is 6.07 Å². The Balaban J connectivity index is 3.31. The molecule has 1 rings (SSSR count). The maximum atomic E-state index is 12.4. The highest BCUT2D eigenvalue weighted by Gasteiger charge is 2.05. The lowest BCUT2D eigenvalue weighted by molar-refractivity contribution is 0.584. The lowest BCUT2D eigenvalue weighted by atomic mass is 10.3. The van der Waals surface area contributed by atoms with Gasteiger partial charge in [0, 0.05) is 6.07 Å². The number of halogens is 4. The first-order chi connectivity index (χ1) is 4.61. The van der Waals surface area contributed by atoms with Crippen molar-refractivity contribution in [3.63, 3.8) is 0 Å². The highest BCUT2D eigenvalue weighted by atomic mass is 35.5. The van der Waals surface area contributed by atoms with Gasteiger partial charge >= 0.3 is 0 Å². The summed E-state index contributed by atoms with van der Waals surface area (Å²) in [6.45, 7) is 0. The molecule has 0 aromatic heterocycles. The minimum absolute atomic E-state index is 0.112. The first-order valence-electron chi connectivity index (χ1n) is 2.41. The Morgan fingerprint density at radius 2 is 1.70 bits per heavy atom. The zero-order chi connectivity index (χ0) is 7.72. The van der Waals surface area contributed by atoms with E-state index in [0.29, 0.717) is 6.07 Å². The number of hydrogen-bond donors (Lipinski definition) is 0. The fourth-order valence-electron chi connectivity index (χ4n) is 0.525. The van der Waals surface area contributed by atoms with Crippen molar-refractivity contribution in [1.82, 2.24) is 0 Å². The van der Waals surface area contributed by atoms with Gasteiger partial charge < -0.3 is 0 Å². The SMILES string of the molecule is Fc1cc(F)c(Cl)c(Cl)c1. The molecule has 0 saturated heterocycles. The summed E-state index contributed by atoms with van der Waals surface area (Å²) < 4.78 is 24.6. The van der Waals surface area contributed by atoms with Crippen molar-refractivity contribution in [3.8, 4) is 0 Å². The number of rotatable bonds is 0. The molecule has 0 aliphatic carbocycles. The Bertz CT molecular complexity index is 237. The summed E-state index contributed by atoms with van der Waals surface area (Å²) in [6.07, 6.45) is 0. The molecule has 0 heterocycles. The Hall–Kier alpha value is -0.340. The molecule has 0 bridgehead atoms. The third kappa shape index (κ3) is 1.39. The molecule has 0 N–H and O–H groups in total. The van der Waals surface area contributed by atoms with Gasteiger partial charge in [-0.25, -0.2) is 8.78 Å². The van der Waals surface area contributed by atoms with Gasteiger partial charge in [0.25, 0.3) is 0 Å². The molecule has 10 heavy (non-hydrogen) atoms. The monoisotopic (exact) mass is 182 g/mol. The highest BCUT2D eigenvalue weighted by Crippen LogP contribution is 2.25. The minimum atomic E-state index is -0.841. The fraction of sp³-hybridized carbons (Fsp3) is 0. The maximum absolute atomic E-state index is 12.4. The molecule has 0 atom stereocenters. The van der Waals surface area contributed by atoms with Crippen LogP contribution in [0.4, 0.5) is 8.78 Å². The summed E-state index contributed by atoms with van der Waals surface area (Å²) in [4.78, 5) is 0. The van der Waals surface area contributed by atoms with Crippen molar-refractivity contribution in [2.75, 3.05) is 0 Å². The van der Waals surface area contributed by atoms with Crippen molar-refractivity contribution in [2.24, 2.45) is 0 Å². The predicted molar refractivity (Wildman–Crippen MR) is 36.4 cm³/mol. The zero-order valence-corrected chi connectivity index (χ0v) is 6.18. The van der Waals surface area contributed by atoms with Crippen LogP contribution >= 0.6 is 23.2 Å². The van der Waals surface area contributed by atoms with Gasteiger partial charge in [0.1, 0.15) is 11.6 Å². The van der Waals surface area contributed by atoms with Crippen molar-refractivity contribution in [1.29, 1.82) is 0 Å². The maximum Gasteiger partial charge on any atom is 0.146 e. The Labute approximate surface area is 66.4 Å². The van der Waals surface area contributed by atoms with Crippen LogP contribution in [0.25, 0.3) is 0 Å². The van der Waals surface area contributed by atoms with E-state index in [4.69, 9.17) is 23.2 Å². The van der Waals surface area contributed by atoms with E-state index < -0.39 is 11.6 Å². The lowest BCUT2D eigenvalue weighted by Crippen LogP contribution is -1.81. The molecule has 0 unspecified atom stereocenters. The quantitative estimate of drug-likeness (QED) is 0.427. The van der Waals surface area contributed by atoms with E-state index in [-0.39, 0.29) is 10.0 Å². The molecular weight excluding hydrogens is 181 g/mol. The largest absolute Gasteiger partial charge is 0.207 e. The first-order valence-corrected chi connectivity index (χ1v) is 3.17. The Morgan fingerprint density at radius 3 is 2.20 bits per heavy atom. The van der Waals surface area contributed by atoms with Gasteiger partial charge in [0.15, 0.2) is 0 Å². The van der Waals surface area contributed by atoms with E-state index in [1.165, 1.54) is 0 Å². The van der Waals surface area contributed by atoms with Gasteiger partial charge in [-0.2, -0.15) is 0 Å². The van der Waals surface area contributed by atoms with Crippen LogP contribution in [0.2, 0.25) is 10.0 Å². The lowest BCUT2D eigenvalue weighted by Gasteiger charge is -1.95. The number of hydrogen-bond acceptors (Lipinski definition) is 0. The molecule has 0 radical (unpaired) electrons. The predicted octanol–water partition coefficient (Wildman–Crippen LogP) is 3.27. The van der Waals surface area contributed by atoms with Gasteiger partial charge in [-0.3, -0.25) is 0 Å². The normalized spacial score (nSPS) is 10.0. The fourth-order valence-corrected chi connectivity index (χ4v) is 0.828. The molecule has 0 nitrogen and oxygen atoms in total. The van der Waals surface area contributed by atoms with E-state index in [2.05, 4.69) is 0 Å². The van der Waals surface area contributed by atoms with E-state index >= 15 is 0 Å². The van der Waals surface area contributed by atoms with E-state index in [9.17, 15) is 8.78 Å². The van der Waals surface area contributed by atoms with Crippen LogP contribution in [-0.4, -0.2) is 0 Å². The minimum Gasteiger partial charge on any atom is -0.207 e. The zero-order valence-electron chi connectivity index (χ0n) is 4.67. The smallest absolute Gasteiger partial charge is 0.146 e. The standard InChI is InChI=1S/C6H2Cl2F2/c7-4-1-3(9)2-5(10)6(4)8/h1-2H. The summed E-state index contributed by atoms with van der Waals surface area (Å²) >= 11 is 10.6. The number of benzene rings is 1. The van der Waals surface area contributed by atoms with Crippen LogP contribution in [0.5, 0.6) is 0 Å². The molecule has 54 valence electrons. The Morgan fingerprint density at radius 1 is 1.10 bits per heavy atom. The van der Waals surface area contributed by atoms with Crippen LogP contribution in [0.3, 0.4) is 0 Å². The van der Waals surface area contributed by atoms with E-state index in [1.807, 2.05) is 0 Å². The summed E-state index contributed by atoms with van der Waals surface area (Å²) in [5, 5.41) is -0.359. The summed E-state index contributed by atoms with van der Waals surface area (Å²) in [7, 11) is 0. The average molecular weight is 183 g/mol. The van der Waals surface area contributed by atoms with E-state index in [0.717, 1.165) is 6.07 Å². The Kier molecular flexibility index (Phi) is 2.11. The van der Waals surface area contributed by atoms with Crippen LogP contribution in [-0.2, 0) is 0 Å². The molecule has 0 amide bonds. The summed E-state index contributed by atoms with van der Waals surface area (Å²) in [6, 6.07) is 1.63. The van der Waals surface area contributed by atoms with E-state index in [1.54, 1.807) is 0 Å². The molecular formula is C6H2Cl2F2. The molecule has 0 fully saturated rings. The summed E-state index contributed by atoms with van der Waals surface area (Å²) in [5.74, 6) is -1.57.